The Morgan fingerprint density at radius 1 is 0.857 bits per heavy atom. The van der Waals surface area contributed by atoms with Crippen LogP contribution >= 0.6 is 0 Å². The Kier molecular flexibility index (Phi) is 4.43. The minimum absolute atomic E-state index is 0.612. The fourth-order valence-corrected chi connectivity index (χ4v) is 3.72. The first-order valence-electron chi connectivity index (χ1n) is 8.49. The molecule has 1 unspecified atom stereocenters. The van der Waals surface area contributed by atoms with Gasteiger partial charge in [-0.25, -0.2) is 0 Å². The fraction of sp³-hybridized carbons (Fsp3) is 0.429. The van der Waals surface area contributed by atoms with Crippen molar-refractivity contribution < 1.29 is 0 Å². The quantitative estimate of drug-likeness (QED) is 0.573. The van der Waals surface area contributed by atoms with Crippen LogP contribution < -0.4 is 0 Å². The van der Waals surface area contributed by atoms with Gasteiger partial charge in [-0.05, 0) is 41.0 Å². The molecule has 0 heterocycles. The Morgan fingerprint density at radius 3 is 2.00 bits per heavy atom. The average Bonchev–Trinajstić information content (AvgIpc) is 2.85. The highest BCUT2D eigenvalue weighted by atomic mass is 14.3. The van der Waals surface area contributed by atoms with E-state index in [4.69, 9.17) is 0 Å². The molecule has 0 heteroatoms. The minimum atomic E-state index is 0.612. The highest BCUT2D eigenvalue weighted by molar-refractivity contribution is 5.78. The van der Waals surface area contributed by atoms with E-state index in [1.807, 2.05) is 0 Å². The van der Waals surface area contributed by atoms with E-state index in [0.29, 0.717) is 5.92 Å². The summed E-state index contributed by atoms with van der Waals surface area (Å²) in [6, 6.07) is 18.0. The molecule has 0 saturated carbocycles. The maximum atomic E-state index is 2.42. The first-order valence-corrected chi connectivity index (χ1v) is 8.49. The second-order valence-corrected chi connectivity index (χ2v) is 6.55. The predicted molar refractivity (Wildman–Crippen MR) is 91.6 cm³/mol. The Balaban J connectivity index is 1.79. The van der Waals surface area contributed by atoms with Gasteiger partial charge in [0.2, 0.25) is 0 Å². The molecule has 0 aromatic heterocycles. The van der Waals surface area contributed by atoms with E-state index < -0.39 is 0 Å². The van der Waals surface area contributed by atoms with Crippen molar-refractivity contribution in [3.05, 3.63) is 59.7 Å². The number of hydrogen-bond donors (Lipinski definition) is 0. The summed E-state index contributed by atoms with van der Waals surface area (Å²) >= 11 is 0. The number of hydrogen-bond acceptors (Lipinski definition) is 0. The Labute approximate surface area is 129 Å². The summed E-state index contributed by atoms with van der Waals surface area (Å²) in [6.45, 7) is 4.71. The summed E-state index contributed by atoms with van der Waals surface area (Å²) in [6.07, 6.45) is 6.71. The summed E-state index contributed by atoms with van der Waals surface area (Å²) in [5.41, 5.74) is 6.00. The van der Waals surface area contributed by atoms with Crippen LogP contribution in [-0.2, 0) is 0 Å². The Bertz CT molecular complexity index is 551. The molecule has 0 spiro atoms. The molecule has 3 rings (SSSR count). The molecule has 2 aromatic rings. The molecule has 1 aliphatic rings. The topological polar surface area (TPSA) is 0 Å². The SMILES string of the molecule is CCCCC(C)CCC1c2ccccc2-c2ccccc21. The smallest absolute Gasteiger partial charge is 0.0102 e. The monoisotopic (exact) mass is 278 g/mol. The van der Waals surface area contributed by atoms with E-state index in [1.165, 1.54) is 43.2 Å². The fourth-order valence-electron chi connectivity index (χ4n) is 3.72. The summed E-state index contributed by atoms with van der Waals surface area (Å²) in [7, 11) is 0. The third-order valence-electron chi connectivity index (χ3n) is 4.96. The summed E-state index contributed by atoms with van der Waals surface area (Å²) in [5.74, 6) is 1.46. The lowest BCUT2D eigenvalue weighted by Gasteiger charge is -2.17. The average molecular weight is 278 g/mol. The van der Waals surface area contributed by atoms with Gasteiger partial charge in [0, 0.05) is 5.92 Å². The zero-order valence-corrected chi connectivity index (χ0v) is 13.3. The number of rotatable bonds is 6. The van der Waals surface area contributed by atoms with Crippen LogP contribution in [0.25, 0.3) is 11.1 Å². The van der Waals surface area contributed by atoms with E-state index >= 15 is 0 Å². The molecule has 0 N–H and O–H groups in total. The van der Waals surface area contributed by atoms with Crippen molar-refractivity contribution in [3.63, 3.8) is 0 Å². The van der Waals surface area contributed by atoms with Crippen LogP contribution in [0.5, 0.6) is 0 Å². The molecule has 0 saturated heterocycles. The van der Waals surface area contributed by atoms with Gasteiger partial charge in [0.15, 0.2) is 0 Å². The molecule has 21 heavy (non-hydrogen) atoms. The zero-order chi connectivity index (χ0) is 14.7. The molecule has 2 aromatic carbocycles. The highest BCUT2D eigenvalue weighted by Crippen LogP contribution is 2.46. The van der Waals surface area contributed by atoms with Crippen LogP contribution in [0.4, 0.5) is 0 Å². The number of fused-ring (bicyclic) bond motifs is 3. The van der Waals surface area contributed by atoms with Gasteiger partial charge in [-0.15, -0.1) is 0 Å². The molecule has 1 atom stereocenters. The van der Waals surface area contributed by atoms with Crippen LogP contribution in [0.1, 0.15) is 63.0 Å². The molecule has 0 bridgehead atoms. The summed E-state index contributed by atoms with van der Waals surface area (Å²) in [5, 5.41) is 0. The van der Waals surface area contributed by atoms with E-state index in [0.717, 1.165) is 5.92 Å². The zero-order valence-electron chi connectivity index (χ0n) is 13.3. The van der Waals surface area contributed by atoms with E-state index in [9.17, 15) is 0 Å². The molecular weight excluding hydrogens is 252 g/mol. The predicted octanol–water partition coefficient (Wildman–Crippen LogP) is 6.41. The first kappa shape index (κ1) is 14.4. The van der Waals surface area contributed by atoms with Crippen LogP contribution in [0, 0.1) is 5.92 Å². The van der Waals surface area contributed by atoms with Gasteiger partial charge >= 0.3 is 0 Å². The third-order valence-corrected chi connectivity index (χ3v) is 4.96. The van der Waals surface area contributed by atoms with E-state index in [1.54, 1.807) is 11.1 Å². The van der Waals surface area contributed by atoms with Crippen LogP contribution in [0.3, 0.4) is 0 Å². The second kappa shape index (κ2) is 6.47. The number of unbranched alkanes of at least 4 members (excludes halogenated alkanes) is 1. The third kappa shape index (κ3) is 2.90. The normalized spacial score (nSPS) is 14.8. The van der Waals surface area contributed by atoms with Gasteiger partial charge in [0.25, 0.3) is 0 Å². The van der Waals surface area contributed by atoms with Gasteiger partial charge in [-0.2, -0.15) is 0 Å². The Morgan fingerprint density at radius 2 is 1.43 bits per heavy atom. The Hall–Kier alpha value is -1.56. The van der Waals surface area contributed by atoms with Crippen LogP contribution in [0.2, 0.25) is 0 Å². The van der Waals surface area contributed by atoms with Crippen LogP contribution in [0.15, 0.2) is 48.5 Å². The van der Waals surface area contributed by atoms with E-state index in [2.05, 4.69) is 62.4 Å². The molecule has 0 nitrogen and oxygen atoms in total. The number of benzene rings is 2. The van der Waals surface area contributed by atoms with Gasteiger partial charge in [0.05, 0.1) is 0 Å². The van der Waals surface area contributed by atoms with Crippen molar-refractivity contribution in [1.82, 2.24) is 0 Å². The lowest BCUT2D eigenvalue weighted by molar-refractivity contribution is 0.446. The summed E-state index contributed by atoms with van der Waals surface area (Å²) in [4.78, 5) is 0. The maximum absolute atomic E-state index is 2.42. The van der Waals surface area contributed by atoms with Crippen molar-refractivity contribution in [1.29, 1.82) is 0 Å². The molecule has 0 radical (unpaired) electrons. The van der Waals surface area contributed by atoms with Gasteiger partial charge in [0.1, 0.15) is 0 Å². The molecule has 0 fully saturated rings. The van der Waals surface area contributed by atoms with Crippen molar-refractivity contribution in [3.8, 4) is 11.1 Å². The molecule has 110 valence electrons. The standard InChI is InChI=1S/C21H26/c1-3-4-9-16(2)14-15-21-19-12-7-5-10-17(19)18-11-6-8-13-20(18)21/h5-8,10-13,16,21H,3-4,9,14-15H2,1-2H3. The van der Waals surface area contributed by atoms with Crippen molar-refractivity contribution in [2.24, 2.45) is 5.92 Å². The lowest BCUT2D eigenvalue weighted by atomic mass is 9.88. The van der Waals surface area contributed by atoms with E-state index in [-0.39, 0.29) is 0 Å². The summed E-state index contributed by atoms with van der Waals surface area (Å²) < 4.78 is 0. The minimum Gasteiger partial charge on any atom is -0.0654 e. The molecule has 1 aliphatic carbocycles. The van der Waals surface area contributed by atoms with Crippen LogP contribution in [-0.4, -0.2) is 0 Å². The largest absolute Gasteiger partial charge is 0.0654 e. The lowest BCUT2D eigenvalue weighted by Crippen LogP contribution is -2.01. The van der Waals surface area contributed by atoms with Gasteiger partial charge in [-0.1, -0.05) is 81.6 Å². The second-order valence-electron chi connectivity index (χ2n) is 6.55. The van der Waals surface area contributed by atoms with Gasteiger partial charge in [-0.3, -0.25) is 0 Å². The molecular formula is C21H26. The first-order chi connectivity index (χ1) is 10.3. The van der Waals surface area contributed by atoms with Crippen molar-refractivity contribution in [2.45, 2.75) is 51.9 Å². The maximum Gasteiger partial charge on any atom is 0.0102 e. The van der Waals surface area contributed by atoms with Crippen molar-refractivity contribution >= 4 is 0 Å². The van der Waals surface area contributed by atoms with Gasteiger partial charge < -0.3 is 0 Å². The molecule has 0 amide bonds. The van der Waals surface area contributed by atoms with Crippen molar-refractivity contribution in [2.75, 3.05) is 0 Å². The molecule has 0 aliphatic heterocycles. The highest BCUT2D eigenvalue weighted by Gasteiger charge is 2.27.